The SMILES string of the molecule is Cc1cccc(NC(=O)c2cncc(F)c2)c1Br. The molecular formula is C13H10BrFN2O. The van der Waals surface area contributed by atoms with Crippen molar-refractivity contribution in [1.82, 2.24) is 4.98 Å². The number of hydrogen-bond donors (Lipinski definition) is 1. The molecule has 0 saturated carbocycles. The Balaban J connectivity index is 2.24. The second-order valence-corrected chi connectivity index (χ2v) is 4.58. The van der Waals surface area contributed by atoms with E-state index >= 15 is 0 Å². The van der Waals surface area contributed by atoms with Gasteiger partial charge in [-0.1, -0.05) is 12.1 Å². The predicted octanol–water partition coefficient (Wildman–Crippen LogP) is 3.54. The van der Waals surface area contributed by atoms with Crippen molar-refractivity contribution < 1.29 is 9.18 Å². The molecule has 2 rings (SSSR count). The maximum Gasteiger partial charge on any atom is 0.257 e. The van der Waals surface area contributed by atoms with Gasteiger partial charge >= 0.3 is 0 Å². The van der Waals surface area contributed by atoms with Crippen molar-refractivity contribution in [3.05, 3.63) is 58.1 Å². The number of pyridine rings is 1. The Hall–Kier alpha value is -1.75. The van der Waals surface area contributed by atoms with E-state index in [1.165, 1.54) is 6.20 Å². The lowest BCUT2D eigenvalue weighted by atomic mass is 10.2. The van der Waals surface area contributed by atoms with Crippen LogP contribution in [0.4, 0.5) is 10.1 Å². The van der Waals surface area contributed by atoms with Crippen molar-refractivity contribution in [1.29, 1.82) is 0 Å². The summed E-state index contributed by atoms with van der Waals surface area (Å²) in [4.78, 5) is 15.5. The minimum absolute atomic E-state index is 0.184. The summed E-state index contributed by atoms with van der Waals surface area (Å²) in [7, 11) is 0. The van der Waals surface area contributed by atoms with E-state index in [0.29, 0.717) is 5.69 Å². The Bertz CT molecular complexity index is 601. The van der Waals surface area contributed by atoms with Crippen molar-refractivity contribution >= 4 is 27.5 Å². The van der Waals surface area contributed by atoms with Gasteiger partial charge < -0.3 is 5.32 Å². The van der Waals surface area contributed by atoms with Crippen LogP contribution in [0.5, 0.6) is 0 Å². The zero-order chi connectivity index (χ0) is 13.1. The highest BCUT2D eigenvalue weighted by molar-refractivity contribution is 9.10. The zero-order valence-electron chi connectivity index (χ0n) is 9.58. The van der Waals surface area contributed by atoms with Crippen molar-refractivity contribution in [2.45, 2.75) is 6.92 Å². The number of carbonyl (C=O) groups is 1. The molecule has 0 saturated heterocycles. The summed E-state index contributed by atoms with van der Waals surface area (Å²) in [5.74, 6) is -0.931. The minimum atomic E-state index is -0.536. The highest BCUT2D eigenvalue weighted by Crippen LogP contribution is 2.26. The molecule has 0 bridgehead atoms. The quantitative estimate of drug-likeness (QED) is 0.922. The van der Waals surface area contributed by atoms with E-state index in [9.17, 15) is 9.18 Å². The summed E-state index contributed by atoms with van der Waals surface area (Å²) in [6.07, 6.45) is 2.38. The van der Waals surface area contributed by atoms with Gasteiger partial charge in [0.15, 0.2) is 0 Å². The van der Waals surface area contributed by atoms with Crippen LogP contribution in [0.25, 0.3) is 0 Å². The molecule has 0 radical (unpaired) electrons. The molecule has 1 amide bonds. The first-order chi connectivity index (χ1) is 8.58. The molecule has 1 heterocycles. The van der Waals surface area contributed by atoms with Crippen LogP contribution in [0.1, 0.15) is 15.9 Å². The molecule has 0 aliphatic rings. The molecule has 5 heteroatoms. The second kappa shape index (κ2) is 5.27. The molecule has 0 atom stereocenters. The van der Waals surface area contributed by atoms with Crippen LogP contribution >= 0.6 is 15.9 Å². The number of carbonyl (C=O) groups excluding carboxylic acids is 1. The van der Waals surface area contributed by atoms with Gasteiger partial charge in [-0.25, -0.2) is 4.39 Å². The highest BCUT2D eigenvalue weighted by Gasteiger charge is 2.10. The normalized spacial score (nSPS) is 10.2. The molecule has 0 aliphatic carbocycles. The van der Waals surface area contributed by atoms with Crippen LogP contribution in [0.3, 0.4) is 0 Å². The number of halogens is 2. The van der Waals surface area contributed by atoms with Gasteiger partial charge in [-0.3, -0.25) is 9.78 Å². The molecule has 0 unspecified atom stereocenters. The van der Waals surface area contributed by atoms with Gasteiger partial charge in [0.05, 0.1) is 17.4 Å². The van der Waals surface area contributed by atoms with Crippen molar-refractivity contribution in [3.8, 4) is 0 Å². The number of hydrogen-bond acceptors (Lipinski definition) is 2. The Morgan fingerprint density at radius 1 is 1.39 bits per heavy atom. The lowest BCUT2D eigenvalue weighted by molar-refractivity contribution is 0.102. The Morgan fingerprint density at radius 2 is 2.17 bits per heavy atom. The first-order valence-corrected chi connectivity index (χ1v) is 6.04. The van der Waals surface area contributed by atoms with E-state index in [1.54, 1.807) is 6.07 Å². The number of amides is 1. The van der Waals surface area contributed by atoms with Crippen LogP contribution in [0, 0.1) is 12.7 Å². The second-order valence-electron chi connectivity index (χ2n) is 3.78. The molecule has 0 fully saturated rings. The van der Waals surface area contributed by atoms with Gasteiger partial charge in [-0.2, -0.15) is 0 Å². The fourth-order valence-corrected chi connectivity index (χ4v) is 1.84. The van der Waals surface area contributed by atoms with Gasteiger partial charge in [0, 0.05) is 10.7 Å². The van der Waals surface area contributed by atoms with Crippen molar-refractivity contribution in [3.63, 3.8) is 0 Å². The number of anilines is 1. The first kappa shape index (κ1) is 12.7. The largest absolute Gasteiger partial charge is 0.321 e. The van der Waals surface area contributed by atoms with Crippen LogP contribution < -0.4 is 5.32 Å². The molecule has 0 spiro atoms. The molecule has 18 heavy (non-hydrogen) atoms. The Morgan fingerprint density at radius 3 is 2.89 bits per heavy atom. The average Bonchev–Trinajstić information content (AvgIpc) is 2.35. The molecule has 1 aromatic carbocycles. The lowest BCUT2D eigenvalue weighted by Crippen LogP contribution is -2.13. The molecule has 1 N–H and O–H groups in total. The minimum Gasteiger partial charge on any atom is -0.321 e. The van der Waals surface area contributed by atoms with E-state index < -0.39 is 11.7 Å². The topological polar surface area (TPSA) is 42.0 Å². The van der Waals surface area contributed by atoms with Crippen LogP contribution in [0.2, 0.25) is 0 Å². The van der Waals surface area contributed by atoms with Gasteiger partial charge in [0.2, 0.25) is 0 Å². The third-order valence-corrected chi connectivity index (χ3v) is 3.46. The van der Waals surface area contributed by atoms with Crippen LogP contribution in [-0.2, 0) is 0 Å². The van der Waals surface area contributed by atoms with E-state index in [2.05, 4.69) is 26.2 Å². The fraction of sp³-hybridized carbons (Fsp3) is 0.0769. The summed E-state index contributed by atoms with van der Waals surface area (Å²) in [5, 5.41) is 2.70. The number of aromatic nitrogens is 1. The highest BCUT2D eigenvalue weighted by atomic mass is 79.9. The number of nitrogens with zero attached hydrogens (tertiary/aromatic N) is 1. The zero-order valence-corrected chi connectivity index (χ0v) is 11.2. The van der Waals surface area contributed by atoms with Gasteiger partial charge in [0.25, 0.3) is 5.91 Å². The number of aryl methyl sites for hydroxylation is 1. The third kappa shape index (κ3) is 2.73. The van der Waals surface area contributed by atoms with Crippen LogP contribution in [-0.4, -0.2) is 10.9 Å². The Kier molecular flexibility index (Phi) is 3.72. The van der Waals surface area contributed by atoms with Gasteiger partial charge in [0.1, 0.15) is 5.82 Å². The Labute approximate surface area is 112 Å². The molecule has 1 aromatic heterocycles. The smallest absolute Gasteiger partial charge is 0.257 e. The standard InChI is InChI=1S/C13H10BrFN2O/c1-8-3-2-4-11(12(8)14)17-13(18)9-5-10(15)7-16-6-9/h2-7H,1H3,(H,17,18). The number of benzene rings is 1. The summed E-state index contributed by atoms with van der Waals surface area (Å²) >= 11 is 3.39. The fourth-order valence-electron chi connectivity index (χ4n) is 1.47. The summed E-state index contributed by atoms with van der Waals surface area (Å²) in [6, 6.07) is 6.66. The number of nitrogens with one attached hydrogen (secondary N) is 1. The predicted molar refractivity (Wildman–Crippen MR) is 71.0 cm³/mol. The van der Waals surface area contributed by atoms with E-state index in [4.69, 9.17) is 0 Å². The maximum absolute atomic E-state index is 13.0. The van der Waals surface area contributed by atoms with Crippen molar-refractivity contribution in [2.75, 3.05) is 5.32 Å². The molecule has 3 nitrogen and oxygen atoms in total. The van der Waals surface area contributed by atoms with E-state index in [0.717, 1.165) is 22.3 Å². The van der Waals surface area contributed by atoms with Crippen LogP contribution in [0.15, 0.2) is 41.1 Å². The molecule has 0 aliphatic heterocycles. The number of rotatable bonds is 2. The average molecular weight is 309 g/mol. The van der Waals surface area contributed by atoms with E-state index in [1.807, 2.05) is 19.1 Å². The third-order valence-electron chi connectivity index (χ3n) is 2.41. The molecular weight excluding hydrogens is 299 g/mol. The molecule has 2 aromatic rings. The van der Waals surface area contributed by atoms with Gasteiger partial charge in [-0.15, -0.1) is 0 Å². The van der Waals surface area contributed by atoms with Crippen molar-refractivity contribution in [2.24, 2.45) is 0 Å². The summed E-state index contributed by atoms with van der Waals surface area (Å²) in [5.41, 5.74) is 1.83. The lowest BCUT2D eigenvalue weighted by Gasteiger charge is -2.08. The van der Waals surface area contributed by atoms with Gasteiger partial charge in [-0.05, 0) is 40.5 Å². The van der Waals surface area contributed by atoms with E-state index in [-0.39, 0.29) is 5.56 Å². The molecule has 92 valence electrons. The maximum atomic E-state index is 13.0. The summed E-state index contributed by atoms with van der Waals surface area (Å²) < 4.78 is 13.8. The summed E-state index contributed by atoms with van der Waals surface area (Å²) in [6.45, 7) is 1.92. The first-order valence-electron chi connectivity index (χ1n) is 5.25. The monoisotopic (exact) mass is 308 g/mol.